The van der Waals surface area contributed by atoms with Crippen LogP contribution in [0.15, 0.2) is 6.20 Å². The van der Waals surface area contributed by atoms with Gasteiger partial charge in [0.2, 0.25) is 23.6 Å². The minimum absolute atomic E-state index is 0.0862. The van der Waals surface area contributed by atoms with Crippen LogP contribution in [0.5, 0.6) is 0 Å². The summed E-state index contributed by atoms with van der Waals surface area (Å²) in [7, 11) is 3.34. The molecule has 1 aliphatic heterocycles. The first-order valence-corrected chi connectivity index (χ1v) is 13.3. The van der Waals surface area contributed by atoms with E-state index in [0.29, 0.717) is 12.2 Å². The van der Waals surface area contributed by atoms with E-state index >= 15 is 0 Å². The molecule has 1 aromatic heterocycles. The number of amides is 4. The summed E-state index contributed by atoms with van der Waals surface area (Å²) in [4.78, 5) is 68.6. The molecule has 1 N–H and O–H groups in total. The molecule has 12 heteroatoms. The molecule has 1 aromatic rings. The van der Waals surface area contributed by atoms with E-state index in [2.05, 4.69) is 29.9 Å². The summed E-state index contributed by atoms with van der Waals surface area (Å²) < 4.78 is 1.82. The van der Waals surface area contributed by atoms with Gasteiger partial charge in [-0.15, -0.1) is 0 Å². The molecule has 1 saturated heterocycles. The molecule has 2 rings (SSSR count). The minimum Gasteiger partial charge on any atom is -0.332 e. The van der Waals surface area contributed by atoms with Crippen molar-refractivity contribution < 1.29 is 24.0 Å². The first kappa shape index (κ1) is 28.9. The molecule has 0 aromatic carbocycles. The normalized spacial score (nSPS) is 15.3. The molecule has 2 atom stereocenters. The smallest absolute Gasteiger partial charge is 0.249 e. The standard InChI is InChI=1S/C23H35N5O5S2/c1-5-6-9-18-24-13-19(27(18)4)25-22(32)16(14-34)26(3)23(33)17(35-15(2)29)8-7-12-28-20(30)10-11-21(28)31/h13,16-17,34H,5-12,14H2,1-4H3,(H,25,32)/t16-,17+/m1/s1. The molecule has 0 saturated carbocycles. The number of imide groups is 1. The number of aryl methyl sites for hydroxylation is 1. The Hall–Kier alpha value is -2.34. The van der Waals surface area contributed by atoms with Crippen LogP contribution >= 0.6 is 24.4 Å². The monoisotopic (exact) mass is 525 g/mol. The van der Waals surface area contributed by atoms with Gasteiger partial charge in [0.25, 0.3) is 0 Å². The third kappa shape index (κ3) is 7.83. The Kier molecular flexibility index (Phi) is 11.3. The van der Waals surface area contributed by atoms with Gasteiger partial charge in [-0.25, -0.2) is 4.98 Å². The van der Waals surface area contributed by atoms with Crippen molar-refractivity contribution in [3.63, 3.8) is 0 Å². The lowest BCUT2D eigenvalue weighted by molar-refractivity contribution is -0.138. The Bertz CT molecular complexity index is 935. The van der Waals surface area contributed by atoms with Crippen LogP contribution in [0, 0.1) is 0 Å². The van der Waals surface area contributed by atoms with Crippen LogP contribution in [0.1, 0.15) is 58.2 Å². The van der Waals surface area contributed by atoms with Crippen LogP contribution in [0.3, 0.4) is 0 Å². The van der Waals surface area contributed by atoms with E-state index in [1.165, 1.54) is 23.8 Å². The van der Waals surface area contributed by atoms with Crippen LogP contribution in [0.25, 0.3) is 0 Å². The number of unbranched alkanes of at least 4 members (excludes halogenated alkanes) is 1. The Morgan fingerprint density at radius 3 is 2.46 bits per heavy atom. The van der Waals surface area contributed by atoms with Gasteiger partial charge in [-0.1, -0.05) is 25.1 Å². The van der Waals surface area contributed by atoms with Crippen molar-refractivity contribution >= 4 is 59.0 Å². The maximum Gasteiger partial charge on any atom is 0.249 e. The number of imidazole rings is 1. The van der Waals surface area contributed by atoms with Gasteiger partial charge in [-0.3, -0.25) is 28.9 Å². The van der Waals surface area contributed by atoms with E-state index in [1.807, 2.05) is 11.6 Å². The predicted molar refractivity (Wildman–Crippen MR) is 138 cm³/mol. The molecular formula is C23H35N5O5S2. The van der Waals surface area contributed by atoms with Crippen LogP contribution in [0.4, 0.5) is 5.82 Å². The minimum atomic E-state index is -0.864. The summed E-state index contributed by atoms with van der Waals surface area (Å²) in [6.45, 7) is 3.68. The number of hydrogen-bond acceptors (Lipinski definition) is 8. The van der Waals surface area contributed by atoms with E-state index < -0.39 is 17.2 Å². The first-order valence-electron chi connectivity index (χ1n) is 11.8. The highest BCUT2D eigenvalue weighted by Crippen LogP contribution is 2.23. The SMILES string of the molecule is CCCCc1ncc(NC(=O)[C@@H](CS)N(C)C(=O)[C@H](CCCN2C(=O)CCC2=O)SC(C)=O)n1C. The molecule has 4 amide bonds. The lowest BCUT2D eigenvalue weighted by Crippen LogP contribution is -2.49. The third-order valence-corrected chi connectivity index (χ3v) is 7.37. The first-order chi connectivity index (χ1) is 16.6. The number of hydrogen-bond donors (Lipinski definition) is 2. The lowest BCUT2D eigenvalue weighted by atomic mass is 10.1. The molecule has 10 nitrogen and oxygen atoms in total. The van der Waals surface area contributed by atoms with Crippen molar-refractivity contribution in [2.75, 3.05) is 24.7 Å². The van der Waals surface area contributed by atoms with Crippen molar-refractivity contribution in [1.82, 2.24) is 19.4 Å². The van der Waals surface area contributed by atoms with Gasteiger partial charge in [0.15, 0.2) is 5.12 Å². The van der Waals surface area contributed by atoms with E-state index in [-0.39, 0.29) is 54.4 Å². The molecule has 0 spiro atoms. The zero-order chi connectivity index (χ0) is 26.1. The van der Waals surface area contributed by atoms with Crippen LogP contribution in [-0.2, 0) is 37.4 Å². The molecule has 1 fully saturated rings. The second-order valence-electron chi connectivity index (χ2n) is 8.54. The van der Waals surface area contributed by atoms with Crippen molar-refractivity contribution in [2.45, 2.75) is 70.1 Å². The maximum absolute atomic E-state index is 13.3. The van der Waals surface area contributed by atoms with Crippen LogP contribution < -0.4 is 5.32 Å². The zero-order valence-corrected chi connectivity index (χ0v) is 22.5. The van der Waals surface area contributed by atoms with Gasteiger partial charge in [-0.05, 0) is 19.3 Å². The second-order valence-corrected chi connectivity index (χ2v) is 10.3. The number of aromatic nitrogens is 2. The summed E-state index contributed by atoms with van der Waals surface area (Å²) >= 11 is 5.18. The lowest BCUT2D eigenvalue weighted by Gasteiger charge is -2.29. The van der Waals surface area contributed by atoms with Gasteiger partial charge in [-0.2, -0.15) is 12.6 Å². The zero-order valence-electron chi connectivity index (χ0n) is 20.8. The molecule has 35 heavy (non-hydrogen) atoms. The number of thioether (sulfide) groups is 1. The number of nitrogens with zero attached hydrogens (tertiary/aromatic N) is 4. The fourth-order valence-corrected chi connectivity index (χ4v) is 5.21. The van der Waals surface area contributed by atoms with Crippen molar-refractivity contribution in [2.24, 2.45) is 7.05 Å². The Morgan fingerprint density at radius 2 is 1.89 bits per heavy atom. The fourth-order valence-electron chi connectivity index (χ4n) is 3.84. The molecule has 194 valence electrons. The maximum atomic E-state index is 13.3. The van der Waals surface area contributed by atoms with Gasteiger partial charge in [0.05, 0.1) is 11.4 Å². The summed E-state index contributed by atoms with van der Waals surface area (Å²) in [6, 6.07) is -0.864. The van der Waals surface area contributed by atoms with Crippen molar-refractivity contribution in [1.29, 1.82) is 0 Å². The molecule has 0 unspecified atom stereocenters. The number of thiol groups is 1. The highest BCUT2D eigenvalue weighted by atomic mass is 32.2. The van der Waals surface area contributed by atoms with Crippen LogP contribution in [0.2, 0.25) is 0 Å². The average Bonchev–Trinajstić information content (AvgIpc) is 3.32. The summed E-state index contributed by atoms with van der Waals surface area (Å²) in [5.41, 5.74) is 0. The highest BCUT2D eigenvalue weighted by molar-refractivity contribution is 8.14. The predicted octanol–water partition coefficient (Wildman–Crippen LogP) is 2.04. The Morgan fingerprint density at radius 1 is 1.23 bits per heavy atom. The van der Waals surface area contributed by atoms with Gasteiger partial charge in [0.1, 0.15) is 17.7 Å². The average molecular weight is 526 g/mol. The fraction of sp³-hybridized carbons (Fsp3) is 0.652. The molecule has 0 radical (unpaired) electrons. The summed E-state index contributed by atoms with van der Waals surface area (Å²) in [6.07, 6.45) is 5.51. The molecule has 0 bridgehead atoms. The number of carbonyl (C=O) groups excluding carboxylic acids is 5. The number of anilines is 1. The quantitative estimate of drug-likeness (QED) is 0.299. The Labute approximate surface area is 216 Å². The second kappa shape index (κ2) is 13.7. The number of rotatable bonds is 13. The third-order valence-electron chi connectivity index (χ3n) is 5.97. The highest BCUT2D eigenvalue weighted by Gasteiger charge is 2.33. The molecule has 0 aliphatic carbocycles. The summed E-state index contributed by atoms with van der Waals surface area (Å²) in [5.74, 6) is 0.268. The van der Waals surface area contributed by atoms with E-state index in [4.69, 9.17) is 0 Å². The number of likely N-dealkylation sites (N-methyl/N-ethyl adjacent to an activating group) is 1. The van der Waals surface area contributed by atoms with Gasteiger partial charge >= 0.3 is 0 Å². The molecule has 2 heterocycles. The van der Waals surface area contributed by atoms with Crippen molar-refractivity contribution in [3.8, 4) is 0 Å². The number of carbonyl (C=O) groups is 5. The largest absolute Gasteiger partial charge is 0.332 e. The Balaban J connectivity index is 2.04. The molecular weight excluding hydrogens is 490 g/mol. The summed E-state index contributed by atoms with van der Waals surface area (Å²) in [5, 5.41) is 1.86. The van der Waals surface area contributed by atoms with Crippen molar-refractivity contribution in [3.05, 3.63) is 12.0 Å². The number of nitrogens with one attached hydrogen (secondary N) is 1. The van der Waals surface area contributed by atoms with Gasteiger partial charge < -0.3 is 14.8 Å². The van der Waals surface area contributed by atoms with E-state index in [0.717, 1.165) is 36.8 Å². The van der Waals surface area contributed by atoms with E-state index in [1.54, 1.807) is 6.20 Å². The molecule has 1 aliphatic rings. The van der Waals surface area contributed by atoms with E-state index in [9.17, 15) is 24.0 Å². The topological polar surface area (TPSA) is 122 Å². The van der Waals surface area contributed by atoms with Crippen LogP contribution in [-0.4, -0.2) is 78.7 Å². The van der Waals surface area contributed by atoms with Gasteiger partial charge in [0, 0.05) is 52.6 Å². The number of likely N-dealkylation sites (tertiary alicyclic amines) is 1.